The van der Waals surface area contributed by atoms with Crippen molar-refractivity contribution in [2.24, 2.45) is 0 Å². The molecule has 0 saturated carbocycles. The number of carbonyl (C=O) groups is 1. The quantitative estimate of drug-likeness (QED) is 0.432. The van der Waals surface area contributed by atoms with Crippen LogP contribution in [0.15, 0.2) is 23.3 Å². The Morgan fingerprint density at radius 2 is 1.90 bits per heavy atom. The molecule has 0 N–H and O–H groups in total. The smallest absolute Gasteiger partial charge is 0.124 e. The normalized spacial score (nSPS) is 8.70. The molecule has 0 rings (SSSR count). The molecule has 0 radical (unpaired) electrons. The van der Waals surface area contributed by atoms with Crippen molar-refractivity contribution in [3.63, 3.8) is 0 Å². The molecule has 0 aliphatic heterocycles. The maximum absolute atomic E-state index is 10.1. The van der Waals surface area contributed by atoms with Gasteiger partial charge in [0, 0.05) is 6.42 Å². The van der Waals surface area contributed by atoms with Crippen LogP contribution >= 0.6 is 0 Å². The molecule has 0 atom stereocenters. The van der Waals surface area contributed by atoms with Crippen molar-refractivity contribution >= 4 is 6.29 Å². The lowest BCUT2D eigenvalue weighted by atomic mass is 10.0. The molecule has 10 heavy (non-hydrogen) atoms. The van der Waals surface area contributed by atoms with Gasteiger partial charge in [0.15, 0.2) is 0 Å². The summed E-state index contributed by atoms with van der Waals surface area (Å²) >= 11 is 0. The van der Waals surface area contributed by atoms with Crippen LogP contribution in [0, 0.1) is 0 Å². The van der Waals surface area contributed by atoms with Crippen molar-refractivity contribution in [3.05, 3.63) is 23.3 Å². The molecule has 1 nitrogen and oxygen atoms in total. The van der Waals surface area contributed by atoms with E-state index in [0.29, 0.717) is 6.42 Å². The second-order valence-electron chi connectivity index (χ2n) is 2.63. The van der Waals surface area contributed by atoms with Gasteiger partial charge in [0.2, 0.25) is 0 Å². The van der Waals surface area contributed by atoms with E-state index in [1.165, 1.54) is 5.57 Å². The average molecular weight is 138 g/mol. The standard InChI is InChI=1S/C9H14O/c1-7(2)9(5-6-10)8(3)4/h6H,1,5H2,2-4H3. The summed E-state index contributed by atoms with van der Waals surface area (Å²) in [5.41, 5.74) is 3.25. The molecule has 1 heteroatoms. The van der Waals surface area contributed by atoms with Crippen molar-refractivity contribution < 1.29 is 4.79 Å². The highest BCUT2D eigenvalue weighted by molar-refractivity contribution is 5.58. The molecule has 0 aromatic heterocycles. The van der Waals surface area contributed by atoms with E-state index in [-0.39, 0.29) is 0 Å². The zero-order chi connectivity index (χ0) is 8.15. The number of allylic oxidation sites excluding steroid dienone is 3. The SMILES string of the molecule is C=C(C)C(CC=O)=C(C)C. The van der Waals surface area contributed by atoms with Crippen LogP contribution in [-0.2, 0) is 4.79 Å². The van der Waals surface area contributed by atoms with E-state index >= 15 is 0 Å². The third-order valence-corrected chi connectivity index (χ3v) is 1.41. The van der Waals surface area contributed by atoms with Crippen molar-refractivity contribution in [3.8, 4) is 0 Å². The Hall–Kier alpha value is -0.850. The molecule has 56 valence electrons. The number of hydrogen-bond acceptors (Lipinski definition) is 1. The van der Waals surface area contributed by atoms with Crippen LogP contribution in [0.5, 0.6) is 0 Å². The van der Waals surface area contributed by atoms with Gasteiger partial charge in [-0.25, -0.2) is 0 Å². The molecule has 0 aliphatic carbocycles. The third kappa shape index (κ3) is 2.62. The summed E-state index contributed by atoms with van der Waals surface area (Å²) < 4.78 is 0. The van der Waals surface area contributed by atoms with E-state index in [9.17, 15) is 4.79 Å². The summed E-state index contributed by atoms with van der Waals surface area (Å²) in [6.45, 7) is 9.69. The van der Waals surface area contributed by atoms with Crippen molar-refractivity contribution in [1.82, 2.24) is 0 Å². The Bertz CT molecular complexity index is 171. The molecule has 0 aromatic rings. The van der Waals surface area contributed by atoms with E-state index < -0.39 is 0 Å². The largest absolute Gasteiger partial charge is 0.303 e. The van der Waals surface area contributed by atoms with Crippen molar-refractivity contribution in [2.45, 2.75) is 27.2 Å². The van der Waals surface area contributed by atoms with Gasteiger partial charge in [0.25, 0.3) is 0 Å². The fraction of sp³-hybridized carbons (Fsp3) is 0.444. The Morgan fingerprint density at radius 1 is 1.40 bits per heavy atom. The molecule has 0 saturated heterocycles. The van der Waals surface area contributed by atoms with Crippen LogP contribution < -0.4 is 0 Å². The van der Waals surface area contributed by atoms with Crippen LogP contribution in [0.25, 0.3) is 0 Å². The molecular formula is C9H14O. The number of aldehydes is 1. The summed E-state index contributed by atoms with van der Waals surface area (Å²) in [7, 11) is 0. The molecule has 0 spiro atoms. The van der Waals surface area contributed by atoms with Crippen molar-refractivity contribution in [2.75, 3.05) is 0 Å². The monoisotopic (exact) mass is 138 g/mol. The zero-order valence-electron chi connectivity index (χ0n) is 6.90. The maximum Gasteiger partial charge on any atom is 0.124 e. The zero-order valence-corrected chi connectivity index (χ0v) is 6.90. The molecule has 0 bridgehead atoms. The van der Waals surface area contributed by atoms with Gasteiger partial charge in [-0.3, -0.25) is 0 Å². The minimum atomic E-state index is 0.498. The Morgan fingerprint density at radius 3 is 2.00 bits per heavy atom. The predicted molar refractivity (Wildman–Crippen MR) is 43.9 cm³/mol. The van der Waals surface area contributed by atoms with E-state index in [1.54, 1.807) is 0 Å². The van der Waals surface area contributed by atoms with Crippen LogP contribution in [0.3, 0.4) is 0 Å². The van der Waals surface area contributed by atoms with E-state index in [0.717, 1.165) is 17.4 Å². The molecule has 0 aromatic carbocycles. The Kier molecular flexibility index (Phi) is 3.70. The molecule has 0 amide bonds. The summed E-state index contributed by atoms with van der Waals surface area (Å²) in [5, 5.41) is 0. The molecule has 0 aliphatic rings. The molecule has 0 heterocycles. The lowest BCUT2D eigenvalue weighted by molar-refractivity contribution is -0.107. The summed E-state index contributed by atoms with van der Waals surface area (Å²) in [6.07, 6.45) is 1.41. The van der Waals surface area contributed by atoms with Gasteiger partial charge in [0.1, 0.15) is 6.29 Å². The average Bonchev–Trinajstić information content (AvgIpc) is 1.81. The highest BCUT2D eigenvalue weighted by Gasteiger charge is 1.97. The fourth-order valence-corrected chi connectivity index (χ4v) is 0.888. The van der Waals surface area contributed by atoms with E-state index in [2.05, 4.69) is 6.58 Å². The highest BCUT2D eigenvalue weighted by atomic mass is 16.1. The number of rotatable bonds is 3. The van der Waals surface area contributed by atoms with Gasteiger partial charge in [-0.15, -0.1) is 0 Å². The molecule has 0 fully saturated rings. The van der Waals surface area contributed by atoms with Crippen LogP contribution in [0.4, 0.5) is 0 Å². The van der Waals surface area contributed by atoms with Crippen LogP contribution in [0.2, 0.25) is 0 Å². The summed E-state index contributed by atoms with van der Waals surface area (Å²) in [4.78, 5) is 10.1. The first-order valence-electron chi connectivity index (χ1n) is 3.35. The number of hydrogen-bond donors (Lipinski definition) is 0. The van der Waals surface area contributed by atoms with Crippen molar-refractivity contribution in [1.29, 1.82) is 0 Å². The third-order valence-electron chi connectivity index (χ3n) is 1.41. The lowest BCUT2D eigenvalue weighted by Crippen LogP contribution is -1.88. The van der Waals surface area contributed by atoms with E-state index in [1.807, 2.05) is 20.8 Å². The Balaban J connectivity index is 4.42. The highest BCUT2D eigenvalue weighted by Crippen LogP contribution is 2.14. The summed E-state index contributed by atoms with van der Waals surface area (Å²) in [5.74, 6) is 0. The first kappa shape index (κ1) is 9.15. The lowest BCUT2D eigenvalue weighted by Gasteiger charge is -2.03. The second-order valence-corrected chi connectivity index (χ2v) is 2.63. The first-order valence-corrected chi connectivity index (χ1v) is 3.35. The number of carbonyl (C=O) groups excluding carboxylic acids is 1. The second kappa shape index (κ2) is 4.04. The minimum Gasteiger partial charge on any atom is -0.303 e. The predicted octanol–water partition coefficient (Wildman–Crippen LogP) is 2.49. The minimum absolute atomic E-state index is 0.498. The molecule has 0 unspecified atom stereocenters. The van der Waals surface area contributed by atoms with Gasteiger partial charge in [-0.2, -0.15) is 0 Å². The van der Waals surface area contributed by atoms with Gasteiger partial charge >= 0.3 is 0 Å². The van der Waals surface area contributed by atoms with Crippen LogP contribution in [-0.4, -0.2) is 6.29 Å². The summed E-state index contributed by atoms with van der Waals surface area (Å²) in [6, 6.07) is 0. The maximum atomic E-state index is 10.1. The topological polar surface area (TPSA) is 17.1 Å². The van der Waals surface area contributed by atoms with Gasteiger partial charge in [-0.1, -0.05) is 17.7 Å². The van der Waals surface area contributed by atoms with Gasteiger partial charge in [-0.05, 0) is 26.3 Å². The van der Waals surface area contributed by atoms with Crippen LogP contribution in [0.1, 0.15) is 27.2 Å². The fourth-order valence-electron chi connectivity index (χ4n) is 0.888. The van der Waals surface area contributed by atoms with E-state index in [4.69, 9.17) is 0 Å². The van der Waals surface area contributed by atoms with Gasteiger partial charge in [0.05, 0.1) is 0 Å². The van der Waals surface area contributed by atoms with Gasteiger partial charge < -0.3 is 4.79 Å². The first-order chi connectivity index (χ1) is 4.59. The Labute approximate surface area is 62.4 Å². The molecular weight excluding hydrogens is 124 g/mol.